The Morgan fingerprint density at radius 3 is 2.58 bits per heavy atom. The third kappa shape index (κ3) is 4.62. The van der Waals surface area contributed by atoms with E-state index in [2.05, 4.69) is 10.3 Å². The number of hydrogen-bond acceptors (Lipinski definition) is 6. The largest absolute Gasteiger partial charge is 0.492 e. The van der Waals surface area contributed by atoms with Crippen molar-refractivity contribution in [2.45, 2.75) is 51.9 Å². The minimum Gasteiger partial charge on any atom is -0.492 e. The van der Waals surface area contributed by atoms with Crippen LogP contribution in [0.3, 0.4) is 0 Å². The van der Waals surface area contributed by atoms with Crippen LogP contribution in [0.1, 0.15) is 52.7 Å². The molecule has 2 aromatic heterocycles. The van der Waals surface area contributed by atoms with E-state index in [-0.39, 0.29) is 10.8 Å². The van der Waals surface area contributed by atoms with Crippen molar-refractivity contribution in [3.05, 3.63) is 46.0 Å². The molecule has 1 amide bonds. The average Bonchev–Trinajstić information content (AvgIpc) is 3.12. The number of carbonyl (C=O) groups excluding carboxylic acids is 1. The number of carbonyl (C=O) groups is 1. The van der Waals surface area contributed by atoms with E-state index in [1.807, 2.05) is 33.8 Å². The van der Waals surface area contributed by atoms with Gasteiger partial charge in [0.05, 0.1) is 11.5 Å². The van der Waals surface area contributed by atoms with Crippen molar-refractivity contribution in [3.8, 4) is 5.75 Å². The van der Waals surface area contributed by atoms with Gasteiger partial charge in [0, 0.05) is 29.9 Å². The summed E-state index contributed by atoms with van der Waals surface area (Å²) in [6.45, 7) is 9.03. The van der Waals surface area contributed by atoms with Crippen LogP contribution < -0.4 is 10.1 Å². The van der Waals surface area contributed by atoms with Crippen LogP contribution in [0.25, 0.3) is 10.2 Å². The van der Waals surface area contributed by atoms with Crippen molar-refractivity contribution in [2.75, 3.05) is 25.0 Å². The summed E-state index contributed by atoms with van der Waals surface area (Å²) in [4.78, 5) is 19.2. The lowest BCUT2D eigenvalue weighted by atomic mass is 10.1. The van der Waals surface area contributed by atoms with Crippen LogP contribution in [0, 0.1) is 20.8 Å². The first-order chi connectivity index (χ1) is 15.7. The number of aromatic nitrogens is 1. The van der Waals surface area contributed by atoms with E-state index in [0.29, 0.717) is 36.0 Å². The van der Waals surface area contributed by atoms with E-state index < -0.39 is 10.0 Å². The number of ether oxygens (including phenoxy) is 1. The molecular weight excluding hydrogens is 458 g/mol. The topological polar surface area (TPSA) is 88.6 Å². The average molecular weight is 488 g/mol. The molecule has 1 fully saturated rings. The van der Waals surface area contributed by atoms with Crippen molar-refractivity contribution < 1.29 is 17.9 Å². The molecule has 33 heavy (non-hydrogen) atoms. The molecule has 3 aromatic rings. The van der Waals surface area contributed by atoms with Crippen LogP contribution in [0.4, 0.5) is 5.69 Å². The molecule has 4 rings (SSSR count). The highest BCUT2D eigenvalue weighted by Crippen LogP contribution is 2.34. The third-order valence-corrected chi connectivity index (χ3v) is 8.97. The number of fused-ring (bicyclic) bond motifs is 1. The summed E-state index contributed by atoms with van der Waals surface area (Å²) in [6.07, 6.45) is 2.72. The standard InChI is InChI=1S/C24H29N3O4S2/c1-5-31-19-10-9-18(14-20(19)33(29,30)27-11-7-6-8-12-27)26-23(28)22-17(4)21-15(2)13-16(3)25-24(21)32-22/h9-10,13-14H,5-8,11-12H2,1-4H3,(H,26,28). The number of aryl methyl sites for hydroxylation is 3. The Morgan fingerprint density at radius 1 is 1.15 bits per heavy atom. The van der Waals surface area contributed by atoms with Gasteiger partial charge in [-0.25, -0.2) is 13.4 Å². The van der Waals surface area contributed by atoms with Gasteiger partial charge in [0.15, 0.2) is 0 Å². The molecule has 0 atom stereocenters. The number of benzene rings is 1. The maximum Gasteiger partial charge on any atom is 0.266 e. The summed E-state index contributed by atoms with van der Waals surface area (Å²) in [5.74, 6) is 0.0208. The first-order valence-electron chi connectivity index (χ1n) is 11.2. The van der Waals surface area contributed by atoms with Gasteiger partial charge in [-0.15, -0.1) is 11.3 Å². The quantitative estimate of drug-likeness (QED) is 0.526. The Hall–Kier alpha value is -2.49. The van der Waals surface area contributed by atoms with Gasteiger partial charge in [0.2, 0.25) is 10.0 Å². The minimum atomic E-state index is -3.73. The number of rotatable bonds is 6. The summed E-state index contributed by atoms with van der Waals surface area (Å²) in [5.41, 5.74) is 3.29. The number of piperidine rings is 1. The molecule has 1 aromatic carbocycles. The lowest BCUT2D eigenvalue weighted by molar-refractivity contribution is 0.103. The molecular formula is C24H29N3O4S2. The van der Waals surface area contributed by atoms with Gasteiger partial charge < -0.3 is 10.1 Å². The summed E-state index contributed by atoms with van der Waals surface area (Å²) in [6, 6.07) is 6.80. The van der Waals surface area contributed by atoms with Crippen LogP contribution in [0.5, 0.6) is 5.75 Å². The second kappa shape index (κ2) is 9.40. The highest BCUT2D eigenvalue weighted by atomic mass is 32.2. The fourth-order valence-corrected chi connectivity index (χ4v) is 7.20. The van der Waals surface area contributed by atoms with Crippen molar-refractivity contribution in [2.24, 2.45) is 0 Å². The number of amides is 1. The molecule has 9 heteroatoms. The Morgan fingerprint density at radius 2 is 1.88 bits per heavy atom. The van der Waals surface area contributed by atoms with Gasteiger partial charge in [-0.1, -0.05) is 6.42 Å². The van der Waals surface area contributed by atoms with Gasteiger partial charge in [0.1, 0.15) is 15.5 Å². The summed E-state index contributed by atoms with van der Waals surface area (Å²) in [5, 5.41) is 3.88. The predicted molar refractivity (Wildman–Crippen MR) is 132 cm³/mol. The van der Waals surface area contributed by atoms with Crippen molar-refractivity contribution >= 4 is 43.2 Å². The normalized spacial score (nSPS) is 15.0. The second-order valence-corrected chi connectivity index (χ2v) is 11.2. The van der Waals surface area contributed by atoms with E-state index >= 15 is 0 Å². The van der Waals surface area contributed by atoms with Crippen LogP contribution in [0.15, 0.2) is 29.2 Å². The maximum atomic E-state index is 13.4. The predicted octanol–water partition coefficient (Wildman–Crippen LogP) is 5.05. The molecule has 7 nitrogen and oxygen atoms in total. The number of sulfonamides is 1. The van der Waals surface area contributed by atoms with Gasteiger partial charge in [-0.05, 0) is 75.9 Å². The van der Waals surface area contributed by atoms with E-state index in [4.69, 9.17) is 4.74 Å². The lowest BCUT2D eigenvalue weighted by Gasteiger charge is -2.27. The molecule has 1 aliphatic heterocycles. The van der Waals surface area contributed by atoms with E-state index in [0.717, 1.165) is 46.3 Å². The van der Waals surface area contributed by atoms with E-state index in [1.165, 1.54) is 21.7 Å². The molecule has 0 radical (unpaired) electrons. The summed E-state index contributed by atoms with van der Waals surface area (Å²) < 4.78 is 33.8. The van der Waals surface area contributed by atoms with Crippen LogP contribution in [0.2, 0.25) is 0 Å². The Kier molecular flexibility index (Phi) is 6.74. The molecule has 3 heterocycles. The zero-order valence-corrected chi connectivity index (χ0v) is 21.0. The van der Waals surface area contributed by atoms with Crippen LogP contribution in [-0.2, 0) is 10.0 Å². The van der Waals surface area contributed by atoms with Crippen LogP contribution in [-0.4, -0.2) is 43.3 Å². The zero-order valence-electron chi connectivity index (χ0n) is 19.4. The lowest BCUT2D eigenvalue weighted by Crippen LogP contribution is -2.35. The molecule has 1 aliphatic rings. The molecule has 0 aliphatic carbocycles. The Labute approximate surface area is 198 Å². The number of nitrogens with zero attached hydrogens (tertiary/aromatic N) is 2. The zero-order chi connectivity index (χ0) is 23.8. The summed E-state index contributed by atoms with van der Waals surface area (Å²) in [7, 11) is -3.73. The Bertz CT molecular complexity index is 1310. The third-order valence-electron chi connectivity index (χ3n) is 5.87. The maximum absolute atomic E-state index is 13.4. The monoisotopic (exact) mass is 487 g/mol. The highest BCUT2D eigenvalue weighted by molar-refractivity contribution is 7.89. The van der Waals surface area contributed by atoms with Crippen LogP contribution >= 0.6 is 11.3 Å². The van der Waals surface area contributed by atoms with E-state index in [9.17, 15) is 13.2 Å². The fourth-order valence-electron chi connectivity index (χ4n) is 4.33. The van der Waals surface area contributed by atoms with E-state index in [1.54, 1.807) is 12.1 Å². The molecule has 1 N–H and O–H groups in total. The first kappa shape index (κ1) is 23.7. The summed E-state index contributed by atoms with van der Waals surface area (Å²) >= 11 is 1.35. The number of anilines is 1. The van der Waals surface area contributed by atoms with Crippen molar-refractivity contribution in [1.82, 2.24) is 9.29 Å². The number of hydrogen-bond donors (Lipinski definition) is 1. The van der Waals surface area contributed by atoms with Gasteiger partial charge in [0.25, 0.3) is 5.91 Å². The Balaban J connectivity index is 1.68. The number of pyridine rings is 1. The molecule has 0 bridgehead atoms. The van der Waals surface area contributed by atoms with Gasteiger partial charge in [-0.3, -0.25) is 4.79 Å². The van der Waals surface area contributed by atoms with Crippen molar-refractivity contribution in [3.63, 3.8) is 0 Å². The highest BCUT2D eigenvalue weighted by Gasteiger charge is 2.29. The van der Waals surface area contributed by atoms with Gasteiger partial charge in [-0.2, -0.15) is 4.31 Å². The molecule has 176 valence electrons. The molecule has 0 unspecified atom stereocenters. The number of nitrogens with one attached hydrogen (secondary N) is 1. The molecule has 0 spiro atoms. The fraction of sp³-hybridized carbons (Fsp3) is 0.417. The van der Waals surface area contributed by atoms with Crippen molar-refractivity contribution in [1.29, 1.82) is 0 Å². The minimum absolute atomic E-state index is 0.0882. The number of thiophene rings is 1. The molecule has 1 saturated heterocycles. The van der Waals surface area contributed by atoms with Gasteiger partial charge >= 0.3 is 0 Å². The smallest absolute Gasteiger partial charge is 0.266 e. The first-order valence-corrected chi connectivity index (χ1v) is 13.4. The second-order valence-electron chi connectivity index (χ2n) is 8.33. The SMILES string of the molecule is CCOc1ccc(NC(=O)c2sc3nc(C)cc(C)c3c2C)cc1S(=O)(=O)N1CCCCC1. The molecule has 0 saturated carbocycles.